The van der Waals surface area contributed by atoms with Gasteiger partial charge in [-0.3, -0.25) is 14.4 Å². The fourth-order valence-electron chi connectivity index (χ4n) is 7.24. The Balaban J connectivity index is 4.15. The van der Waals surface area contributed by atoms with Crippen molar-refractivity contribution in [2.75, 3.05) is 13.2 Å². The van der Waals surface area contributed by atoms with Crippen LogP contribution in [0.15, 0.2) is 97.2 Å². The Morgan fingerprint density at radius 2 is 0.591 bits per heavy atom. The highest BCUT2D eigenvalue weighted by molar-refractivity contribution is 5.71. The minimum atomic E-state index is -0.782. The zero-order chi connectivity index (χ0) is 47.9. The summed E-state index contributed by atoms with van der Waals surface area (Å²) >= 11 is 0. The summed E-state index contributed by atoms with van der Waals surface area (Å²) in [5.74, 6) is -0.917. The van der Waals surface area contributed by atoms with E-state index in [9.17, 15) is 14.4 Å². The predicted octanol–water partition coefficient (Wildman–Crippen LogP) is 18.1. The summed E-state index contributed by atoms with van der Waals surface area (Å²) in [5.41, 5.74) is 0. The average molecular weight is 917 g/mol. The molecule has 0 aromatic rings. The van der Waals surface area contributed by atoms with Crippen LogP contribution in [0.4, 0.5) is 0 Å². The molecule has 1 atom stereocenters. The van der Waals surface area contributed by atoms with Crippen LogP contribution in [0.5, 0.6) is 0 Å². The second kappa shape index (κ2) is 53.9. The van der Waals surface area contributed by atoms with Gasteiger partial charge in [0.1, 0.15) is 13.2 Å². The second-order valence-corrected chi connectivity index (χ2v) is 17.8. The number of allylic oxidation sites excluding steroid dienone is 16. The van der Waals surface area contributed by atoms with Crippen LogP contribution in [0.2, 0.25) is 0 Å². The molecule has 6 heteroatoms. The number of carbonyl (C=O) groups excluding carboxylic acids is 3. The molecule has 0 saturated heterocycles. The van der Waals surface area contributed by atoms with Crippen LogP contribution >= 0.6 is 0 Å². The molecule has 0 radical (unpaired) electrons. The monoisotopic (exact) mass is 917 g/mol. The molecule has 0 aliphatic carbocycles. The summed E-state index contributed by atoms with van der Waals surface area (Å²) in [6.07, 6.45) is 71.4. The molecule has 0 N–H and O–H groups in total. The van der Waals surface area contributed by atoms with Gasteiger partial charge in [-0.2, -0.15) is 0 Å². The molecule has 66 heavy (non-hydrogen) atoms. The van der Waals surface area contributed by atoms with Gasteiger partial charge in [0.2, 0.25) is 0 Å². The molecule has 0 rings (SSSR count). The van der Waals surface area contributed by atoms with E-state index in [1.165, 1.54) is 83.5 Å². The molecule has 0 aliphatic heterocycles. The first kappa shape index (κ1) is 62.3. The van der Waals surface area contributed by atoms with Crippen LogP contribution < -0.4 is 0 Å². The molecule has 1 unspecified atom stereocenters. The summed E-state index contributed by atoms with van der Waals surface area (Å²) in [4.78, 5) is 37.7. The van der Waals surface area contributed by atoms with E-state index in [0.717, 1.165) is 122 Å². The van der Waals surface area contributed by atoms with Gasteiger partial charge in [-0.1, -0.05) is 221 Å². The first-order valence-electron chi connectivity index (χ1n) is 27.2. The number of ether oxygens (including phenoxy) is 3. The van der Waals surface area contributed by atoms with E-state index in [1.54, 1.807) is 0 Å². The first-order chi connectivity index (χ1) is 32.5. The van der Waals surface area contributed by atoms with Crippen molar-refractivity contribution < 1.29 is 28.6 Å². The lowest BCUT2D eigenvalue weighted by atomic mass is 10.1. The van der Waals surface area contributed by atoms with Crippen molar-refractivity contribution in [1.82, 2.24) is 0 Å². The third kappa shape index (κ3) is 51.3. The molecule has 0 aliphatic rings. The van der Waals surface area contributed by atoms with Gasteiger partial charge in [-0.15, -0.1) is 0 Å². The highest BCUT2D eigenvalue weighted by Gasteiger charge is 2.19. The quantitative estimate of drug-likeness (QED) is 0.0262. The van der Waals surface area contributed by atoms with Gasteiger partial charge in [0.05, 0.1) is 0 Å². The Morgan fingerprint density at radius 3 is 0.955 bits per heavy atom. The summed E-state index contributed by atoms with van der Waals surface area (Å²) in [6.45, 7) is 6.42. The molecule has 0 amide bonds. The van der Waals surface area contributed by atoms with Crippen molar-refractivity contribution in [3.05, 3.63) is 97.2 Å². The van der Waals surface area contributed by atoms with Crippen molar-refractivity contribution in [1.29, 1.82) is 0 Å². The fourth-order valence-corrected chi connectivity index (χ4v) is 7.24. The number of hydrogen-bond donors (Lipinski definition) is 0. The molecule has 0 saturated carbocycles. The Bertz CT molecular complexity index is 1330. The van der Waals surface area contributed by atoms with Crippen LogP contribution in [-0.2, 0) is 28.6 Å². The minimum Gasteiger partial charge on any atom is -0.462 e. The fraction of sp³-hybridized carbons (Fsp3) is 0.683. The van der Waals surface area contributed by atoms with E-state index in [2.05, 4.69) is 118 Å². The van der Waals surface area contributed by atoms with E-state index in [1.807, 2.05) is 0 Å². The molecule has 0 aromatic heterocycles. The van der Waals surface area contributed by atoms with E-state index < -0.39 is 6.10 Å². The van der Waals surface area contributed by atoms with Crippen molar-refractivity contribution in [3.8, 4) is 0 Å². The number of hydrogen-bond acceptors (Lipinski definition) is 6. The minimum absolute atomic E-state index is 0.0842. The normalized spacial score (nSPS) is 12.8. The molecule has 0 aromatic carbocycles. The van der Waals surface area contributed by atoms with Crippen molar-refractivity contribution in [2.24, 2.45) is 0 Å². The number of unbranched alkanes of at least 4 members (excludes halogenated alkanes) is 21. The van der Waals surface area contributed by atoms with E-state index >= 15 is 0 Å². The van der Waals surface area contributed by atoms with Gasteiger partial charge in [0.25, 0.3) is 0 Å². The number of carbonyl (C=O) groups is 3. The lowest BCUT2D eigenvalue weighted by Crippen LogP contribution is -2.30. The zero-order valence-corrected chi connectivity index (χ0v) is 42.9. The smallest absolute Gasteiger partial charge is 0.306 e. The van der Waals surface area contributed by atoms with E-state index in [0.29, 0.717) is 19.3 Å². The SMILES string of the molecule is CC/C=C\C/C=C\C/C=C\C/C=C\C/C=C\C/C=C\C/C=C\CCCCCCCCCC(=O)OCC(COC(=O)CCCCCCCC)OC(=O)CCCCCCC/C=C\CCCCCC. The van der Waals surface area contributed by atoms with Gasteiger partial charge in [-0.05, 0) is 103 Å². The van der Waals surface area contributed by atoms with Crippen molar-refractivity contribution >= 4 is 17.9 Å². The Morgan fingerprint density at radius 1 is 0.318 bits per heavy atom. The predicted molar refractivity (Wildman–Crippen MR) is 284 cm³/mol. The standard InChI is InChI=1S/C60H100O6/c1-4-7-10-13-16-18-20-22-23-24-25-26-27-28-29-30-31-32-33-34-35-36-37-39-40-42-44-47-50-53-59(62)65-56-57(55-64-58(61)52-49-46-15-12-9-6-3)66-60(63)54-51-48-45-43-41-38-21-19-17-14-11-8-5-2/h7,10,16,18-19,21-23,25-26,28-29,31-32,34-35,57H,4-6,8-9,11-15,17,20,24,27,30,33,36-56H2,1-3H3/b10-7-,18-16-,21-19-,23-22-,26-25-,29-28-,32-31-,35-34-. The van der Waals surface area contributed by atoms with Gasteiger partial charge in [-0.25, -0.2) is 0 Å². The Kier molecular flexibility index (Phi) is 50.9. The summed E-state index contributed by atoms with van der Waals surface area (Å²) in [5, 5.41) is 0. The molecule has 0 bridgehead atoms. The Hall–Kier alpha value is -3.67. The molecular weight excluding hydrogens is 817 g/mol. The molecule has 0 fully saturated rings. The lowest BCUT2D eigenvalue weighted by molar-refractivity contribution is -0.167. The maximum Gasteiger partial charge on any atom is 0.306 e. The summed E-state index contributed by atoms with van der Waals surface area (Å²) in [6, 6.07) is 0. The lowest BCUT2D eigenvalue weighted by Gasteiger charge is -2.18. The summed E-state index contributed by atoms with van der Waals surface area (Å²) < 4.78 is 16.7. The van der Waals surface area contributed by atoms with E-state index in [-0.39, 0.29) is 31.1 Å². The third-order valence-electron chi connectivity index (χ3n) is 11.3. The number of esters is 3. The van der Waals surface area contributed by atoms with E-state index in [4.69, 9.17) is 14.2 Å². The molecule has 0 spiro atoms. The van der Waals surface area contributed by atoms with Gasteiger partial charge >= 0.3 is 17.9 Å². The Labute approximate surface area is 407 Å². The van der Waals surface area contributed by atoms with Gasteiger partial charge in [0, 0.05) is 19.3 Å². The van der Waals surface area contributed by atoms with Crippen LogP contribution in [0.1, 0.15) is 245 Å². The summed E-state index contributed by atoms with van der Waals surface area (Å²) in [7, 11) is 0. The van der Waals surface area contributed by atoms with Crippen molar-refractivity contribution in [3.63, 3.8) is 0 Å². The van der Waals surface area contributed by atoms with Gasteiger partial charge < -0.3 is 14.2 Å². The third-order valence-corrected chi connectivity index (χ3v) is 11.3. The second-order valence-electron chi connectivity index (χ2n) is 17.8. The largest absolute Gasteiger partial charge is 0.462 e. The van der Waals surface area contributed by atoms with Crippen LogP contribution in [0, 0.1) is 0 Å². The van der Waals surface area contributed by atoms with Crippen LogP contribution in [-0.4, -0.2) is 37.2 Å². The van der Waals surface area contributed by atoms with Gasteiger partial charge in [0.15, 0.2) is 6.10 Å². The highest BCUT2D eigenvalue weighted by Crippen LogP contribution is 2.14. The molecule has 376 valence electrons. The molecule has 0 heterocycles. The number of rotatable bonds is 48. The maximum absolute atomic E-state index is 12.7. The first-order valence-corrected chi connectivity index (χ1v) is 27.2. The van der Waals surface area contributed by atoms with Crippen LogP contribution in [0.3, 0.4) is 0 Å². The zero-order valence-electron chi connectivity index (χ0n) is 42.9. The van der Waals surface area contributed by atoms with Crippen LogP contribution in [0.25, 0.3) is 0 Å². The molecular formula is C60H100O6. The highest BCUT2D eigenvalue weighted by atomic mass is 16.6. The maximum atomic E-state index is 12.7. The average Bonchev–Trinajstić information content (AvgIpc) is 3.31. The molecule has 6 nitrogen and oxygen atoms in total. The van der Waals surface area contributed by atoms with Crippen molar-refractivity contribution in [2.45, 2.75) is 252 Å². The topological polar surface area (TPSA) is 78.9 Å².